The van der Waals surface area contributed by atoms with Gasteiger partial charge < -0.3 is 14.4 Å². The van der Waals surface area contributed by atoms with E-state index in [1.165, 1.54) is 18.4 Å². The van der Waals surface area contributed by atoms with Gasteiger partial charge in [-0.05, 0) is 36.2 Å². The maximum atomic E-state index is 12.5. The van der Waals surface area contributed by atoms with E-state index in [9.17, 15) is 4.79 Å². The molecule has 3 rings (SSSR count). The Bertz CT molecular complexity index is 726. The van der Waals surface area contributed by atoms with Crippen LogP contribution in [0.15, 0.2) is 54.6 Å². The second-order valence-corrected chi connectivity index (χ2v) is 7.46. The van der Waals surface area contributed by atoms with E-state index in [1.807, 2.05) is 35.2 Å². The average molecular weight is 397 g/mol. The van der Waals surface area contributed by atoms with Crippen molar-refractivity contribution in [1.29, 1.82) is 0 Å². The van der Waals surface area contributed by atoms with Crippen molar-refractivity contribution < 1.29 is 14.3 Å². The van der Waals surface area contributed by atoms with Crippen LogP contribution in [-0.4, -0.2) is 55.1 Å². The first-order valence-corrected chi connectivity index (χ1v) is 10.6. The van der Waals surface area contributed by atoms with Crippen LogP contribution in [0.5, 0.6) is 11.5 Å². The van der Waals surface area contributed by atoms with E-state index in [-0.39, 0.29) is 12.5 Å². The summed E-state index contributed by atoms with van der Waals surface area (Å²) in [5, 5.41) is 0. The maximum absolute atomic E-state index is 12.5. The van der Waals surface area contributed by atoms with Gasteiger partial charge in [-0.3, -0.25) is 9.69 Å². The number of ether oxygens (including phenoxy) is 2. The van der Waals surface area contributed by atoms with E-state index >= 15 is 0 Å². The molecule has 0 radical (unpaired) electrons. The largest absolute Gasteiger partial charge is 0.494 e. The summed E-state index contributed by atoms with van der Waals surface area (Å²) < 4.78 is 11.4. The number of hydrogen-bond donors (Lipinski definition) is 0. The standard InChI is InChI=1S/C24H32N2O3/c1-2-3-7-18-28-22-10-12-23(13-11-22)29-20-24(27)26-16-14-25(15-17-26)19-21-8-5-4-6-9-21/h4-6,8-13H,2-3,7,14-20H2,1H3. The summed E-state index contributed by atoms with van der Waals surface area (Å²) in [6, 6.07) is 18.0. The summed E-state index contributed by atoms with van der Waals surface area (Å²) in [4.78, 5) is 16.7. The Morgan fingerprint density at radius 3 is 2.17 bits per heavy atom. The molecule has 0 unspecified atom stereocenters. The minimum absolute atomic E-state index is 0.0456. The van der Waals surface area contributed by atoms with E-state index in [0.717, 1.165) is 51.5 Å². The summed E-state index contributed by atoms with van der Waals surface area (Å²) in [7, 11) is 0. The molecule has 1 heterocycles. The number of hydrogen-bond acceptors (Lipinski definition) is 4. The molecule has 0 atom stereocenters. The number of carbonyl (C=O) groups excluding carboxylic acids is 1. The van der Waals surface area contributed by atoms with Gasteiger partial charge in [0.15, 0.2) is 6.61 Å². The molecule has 29 heavy (non-hydrogen) atoms. The molecule has 0 N–H and O–H groups in total. The number of amides is 1. The van der Waals surface area contributed by atoms with Gasteiger partial charge in [0.1, 0.15) is 11.5 Å². The van der Waals surface area contributed by atoms with Crippen LogP contribution < -0.4 is 9.47 Å². The zero-order valence-electron chi connectivity index (χ0n) is 17.4. The Labute approximate surface area is 174 Å². The third-order valence-electron chi connectivity index (χ3n) is 5.18. The van der Waals surface area contributed by atoms with Gasteiger partial charge in [-0.1, -0.05) is 50.1 Å². The summed E-state index contributed by atoms with van der Waals surface area (Å²) >= 11 is 0. The van der Waals surface area contributed by atoms with Gasteiger partial charge >= 0.3 is 0 Å². The van der Waals surface area contributed by atoms with Crippen LogP contribution >= 0.6 is 0 Å². The average Bonchev–Trinajstić information content (AvgIpc) is 2.77. The Balaban J connectivity index is 1.35. The summed E-state index contributed by atoms with van der Waals surface area (Å²) in [5.74, 6) is 1.58. The fraction of sp³-hybridized carbons (Fsp3) is 0.458. The first kappa shape index (κ1) is 21.2. The van der Waals surface area contributed by atoms with Crippen molar-refractivity contribution in [3.63, 3.8) is 0 Å². The topological polar surface area (TPSA) is 42.0 Å². The van der Waals surface area contributed by atoms with Crippen LogP contribution in [-0.2, 0) is 11.3 Å². The van der Waals surface area contributed by atoms with E-state index in [2.05, 4.69) is 36.1 Å². The van der Waals surface area contributed by atoms with Crippen LogP contribution in [0.4, 0.5) is 0 Å². The highest BCUT2D eigenvalue weighted by molar-refractivity contribution is 5.77. The zero-order valence-corrected chi connectivity index (χ0v) is 17.4. The molecule has 1 aliphatic rings. The Hall–Kier alpha value is -2.53. The number of rotatable bonds is 10. The zero-order chi connectivity index (χ0) is 20.3. The molecule has 2 aromatic rings. The van der Waals surface area contributed by atoms with Crippen molar-refractivity contribution in [3.05, 3.63) is 60.2 Å². The molecule has 0 aromatic heterocycles. The van der Waals surface area contributed by atoms with Crippen LogP contribution in [0.2, 0.25) is 0 Å². The van der Waals surface area contributed by atoms with Gasteiger partial charge in [-0.15, -0.1) is 0 Å². The molecule has 0 spiro atoms. The maximum Gasteiger partial charge on any atom is 0.260 e. The number of carbonyl (C=O) groups is 1. The monoisotopic (exact) mass is 396 g/mol. The molecular weight excluding hydrogens is 364 g/mol. The lowest BCUT2D eigenvalue weighted by Gasteiger charge is -2.34. The van der Waals surface area contributed by atoms with Gasteiger partial charge in [0.05, 0.1) is 6.61 Å². The van der Waals surface area contributed by atoms with Crippen LogP contribution in [0.1, 0.15) is 31.7 Å². The fourth-order valence-corrected chi connectivity index (χ4v) is 3.41. The van der Waals surface area contributed by atoms with E-state index in [4.69, 9.17) is 9.47 Å². The van der Waals surface area contributed by atoms with Crippen molar-refractivity contribution in [2.45, 2.75) is 32.7 Å². The molecule has 5 heteroatoms. The summed E-state index contributed by atoms with van der Waals surface area (Å²) in [5.41, 5.74) is 1.31. The number of unbranched alkanes of at least 4 members (excludes halogenated alkanes) is 2. The van der Waals surface area contributed by atoms with E-state index in [0.29, 0.717) is 5.75 Å². The lowest BCUT2D eigenvalue weighted by Crippen LogP contribution is -2.49. The van der Waals surface area contributed by atoms with Crippen molar-refractivity contribution >= 4 is 5.91 Å². The van der Waals surface area contributed by atoms with E-state index in [1.54, 1.807) is 0 Å². The van der Waals surface area contributed by atoms with Gasteiger partial charge in [0, 0.05) is 32.7 Å². The Morgan fingerprint density at radius 1 is 0.862 bits per heavy atom. The van der Waals surface area contributed by atoms with Gasteiger partial charge in [-0.2, -0.15) is 0 Å². The van der Waals surface area contributed by atoms with Gasteiger partial charge in [0.25, 0.3) is 5.91 Å². The molecular formula is C24H32N2O3. The lowest BCUT2D eigenvalue weighted by atomic mass is 10.2. The predicted molar refractivity (Wildman–Crippen MR) is 115 cm³/mol. The number of nitrogens with zero attached hydrogens (tertiary/aromatic N) is 2. The van der Waals surface area contributed by atoms with E-state index < -0.39 is 0 Å². The number of benzene rings is 2. The second kappa shape index (κ2) is 11.5. The fourth-order valence-electron chi connectivity index (χ4n) is 3.41. The highest BCUT2D eigenvalue weighted by atomic mass is 16.5. The van der Waals surface area contributed by atoms with Crippen LogP contribution in [0.25, 0.3) is 0 Å². The number of piperazine rings is 1. The predicted octanol–water partition coefficient (Wildman–Crippen LogP) is 3.98. The van der Waals surface area contributed by atoms with Crippen LogP contribution in [0.3, 0.4) is 0 Å². The molecule has 0 aliphatic carbocycles. The molecule has 5 nitrogen and oxygen atoms in total. The Kier molecular flexibility index (Phi) is 8.38. The molecule has 1 fully saturated rings. The third kappa shape index (κ3) is 7.09. The molecule has 0 bridgehead atoms. The van der Waals surface area contributed by atoms with Crippen molar-refractivity contribution in [2.24, 2.45) is 0 Å². The first-order chi connectivity index (χ1) is 14.2. The molecule has 1 amide bonds. The smallest absolute Gasteiger partial charge is 0.260 e. The van der Waals surface area contributed by atoms with Gasteiger partial charge in [0.2, 0.25) is 0 Å². The van der Waals surface area contributed by atoms with Crippen LogP contribution in [0, 0.1) is 0 Å². The minimum Gasteiger partial charge on any atom is -0.494 e. The quantitative estimate of drug-likeness (QED) is 0.570. The first-order valence-electron chi connectivity index (χ1n) is 10.6. The lowest BCUT2D eigenvalue weighted by molar-refractivity contribution is -0.135. The third-order valence-corrected chi connectivity index (χ3v) is 5.18. The molecule has 2 aromatic carbocycles. The van der Waals surface area contributed by atoms with Crippen molar-refractivity contribution in [2.75, 3.05) is 39.4 Å². The summed E-state index contributed by atoms with van der Waals surface area (Å²) in [6.07, 6.45) is 3.44. The molecule has 1 aliphatic heterocycles. The molecule has 1 saturated heterocycles. The highest BCUT2D eigenvalue weighted by Gasteiger charge is 2.21. The molecule has 0 saturated carbocycles. The SMILES string of the molecule is CCCCCOc1ccc(OCC(=O)N2CCN(Cc3ccccc3)CC2)cc1. The second-order valence-electron chi connectivity index (χ2n) is 7.46. The minimum atomic E-state index is 0.0456. The normalized spacial score (nSPS) is 14.6. The molecule has 156 valence electrons. The van der Waals surface area contributed by atoms with Gasteiger partial charge in [-0.25, -0.2) is 0 Å². The Morgan fingerprint density at radius 2 is 1.52 bits per heavy atom. The van der Waals surface area contributed by atoms with Crippen molar-refractivity contribution in [1.82, 2.24) is 9.80 Å². The highest BCUT2D eigenvalue weighted by Crippen LogP contribution is 2.18. The van der Waals surface area contributed by atoms with Crippen molar-refractivity contribution in [3.8, 4) is 11.5 Å². The summed E-state index contributed by atoms with van der Waals surface area (Å²) in [6.45, 7) is 7.22.